The molecule has 2 aromatic rings. The Kier molecular flexibility index (Phi) is 4.27. The number of anilines is 1. The number of nitrogens with zero attached hydrogens (tertiary/aromatic N) is 5. The minimum atomic E-state index is -0.795. The van der Waals surface area contributed by atoms with E-state index >= 15 is 0 Å². The van der Waals surface area contributed by atoms with Crippen molar-refractivity contribution >= 4 is 11.7 Å². The molecule has 140 valence electrons. The van der Waals surface area contributed by atoms with Crippen LogP contribution in [0.2, 0.25) is 0 Å². The van der Waals surface area contributed by atoms with Gasteiger partial charge in [-0.2, -0.15) is 5.10 Å². The Morgan fingerprint density at radius 2 is 2.22 bits per heavy atom. The third-order valence-corrected chi connectivity index (χ3v) is 4.72. The number of pyridine rings is 1. The minimum Gasteiger partial charge on any atom is -0.405 e. The van der Waals surface area contributed by atoms with Gasteiger partial charge in [0.2, 0.25) is 0 Å². The third kappa shape index (κ3) is 3.12. The Balaban J connectivity index is 1.52. The molecule has 0 bridgehead atoms. The predicted octanol–water partition coefficient (Wildman–Crippen LogP) is 1.04. The highest BCUT2D eigenvalue weighted by Crippen LogP contribution is 2.26. The highest BCUT2D eigenvalue weighted by Gasteiger charge is 2.32. The van der Waals surface area contributed by atoms with E-state index < -0.39 is 6.17 Å². The lowest BCUT2D eigenvalue weighted by Crippen LogP contribution is -2.28. The number of aromatic nitrogens is 3. The molecule has 0 aliphatic carbocycles. The summed E-state index contributed by atoms with van der Waals surface area (Å²) >= 11 is 0. The van der Waals surface area contributed by atoms with Crippen molar-refractivity contribution in [3.63, 3.8) is 0 Å². The van der Waals surface area contributed by atoms with Gasteiger partial charge >= 0.3 is 0 Å². The van der Waals surface area contributed by atoms with E-state index in [1.807, 2.05) is 17.0 Å². The summed E-state index contributed by atoms with van der Waals surface area (Å²) in [7, 11) is 0. The molecule has 9 heteroatoms. The van der Waals surface area contributed by atoms with E-state index in [-0.39, 0.29) is 5.91 Å². The average Bonchev–Trinajstić information content (AvgIpc) is 3.36. The number of fused-ring (bicyclic) bond motifs is 1. The molecule has 0 spiro atoms. The summed E-state index contributed by atoms with van der Waals surface area (Å²) in [6.45, 7) is 1.35. The maximum Gasteiger partial charge on any atom is 0.263 e. The number of rotatable bonds is 4. The third-order valence-electron chi connectivity index (χ3n) is 4.72. The van der Waals surface area contributed by atoms with Crippen LogP contribution in [0.3, 0.4) is 0 Å². The Labute approximate surface area is 155 Å². The molecule has 4 rings (SSSR count). The SMILES string of the molecule is N/C=C\C=C(/N)N1Cc2nn(-c3ccc(N4CC[C@H](F)C4)nc3)cc2C1=O. The van der Waals surface area contributed by atoms with Crippen LogP contribution in [0.4, 0.5) is 10.2 Å². The number of nitrogens with two attached hydrogens (primary N) is 2. The molecule has 2 aromatic heterocycles. The van der Waals surface area contributed by atoms with Gasteiger partial charge in [0.25, 0.3) is 5.91 Å². The topological polar surface area (TPSA) is 106 Å². The molecule has 0 radical (unpaired) electrons. The summed E-state index contributed by atoms with van der Waals surface area (Å²) in [5.41, 5.74) is 13.1. The maximum atomic E-state index is 13.3. The average molecular weight is 369 g/mol. The molecule has 1 atom stereocenters. The Morgan fingerprint density at radius 3 is 2.85 bits per heavy atom. The predicted molar refractivity (Wildman–Crippen MR) is 98.6 cm³/mol. The zero-order valence-electron chi connectivity index (χ0n) is 14.6. The van der Waals surface area contributed by atoms with Crippen LogP contribution in [-0.4, -0.2) is 44.8 Å². The fourth-order valence-electron chi connectivity index (χ4n) is 3.28. The number of carbonyl (C=O) groups excluding carboxylic acids is 1. The van der Waals surface area contributed by atoms with Crippen LogP contribution in [0.25, 0.3) is 5.69 Å². The van der Waals surface area contributed by atoms with Crippen molar-refractivity contribution in [3.05, 3.63) is 60.0 Å². The van der Waals surface area contributed by atoms with E-state index in [0.29, 0.717) is 43.1 Å². The van der Waals surface area contributed by atoms with Gasteiger partial charge in [0.05, 0.1) is 36.2 Å². The van der Waals surface area contributed by atoms with Crippen LogP contribution >= 0.6 is 0 Å². The highest BCUT2D eigenvalue weighted by atomic mass is 19.1. The molecule has 2 aliphatic heterocycles. The van der Waals surface area contributed by atoms with E-state index in [9.17, 15) is 9.18 Å². The molecule has 0 aromatic carbocycles. The first-order valence-corrected chi connectivity index (χ1v) is 8.66. The molecule has 0 unspecified atom stereocenters. The van der Waals surface area contributed by atoms with Gasteiger partial charge in [-0.15, -0.1) is 0 Å². The molecule has 0 saturated carbocycles. The van der Waals surface area contributed by atoms with Gasteiger partial charge in [0, 0.05) is 12.7 Å². The minimum absolute atomic E-state index is 0.203. The molecule has 4 N–H and O–H groups in total. The molecule has 27 heavy (non-hydrogen) atoms. The van der Waals surface area contributed by atoms with E-state index in [1.165, 1.54) is 11.1 Å². The zero-order valence-corrected chi connectivity index (χ0v) is 14.6. The standard InChI is InChI=1S/C18H20FN7O/c19-12-5-7-24(9-12)17-4-3-13(8-22-17)26-10-14-15(23-26)11-25(18(14)27)16(21)2-1-6-20/h1-4,6,8,10,12H,5,7,9,11,20-21H2/b6-1-,16-2+/t12-/m0/s1. The Hall–Kier alpha value is -3.36. The smallest absolute Gasteiger partial charge is 0.263 e. The summed E-state index contributed by atoms with van der Waals surface area (Å²) < 4.78 is 15.0. The highest BCUT2D eigenvalue weighted by molar-refractivity contribution is 5.98. The normalized spacial score (nSPS) is 20.1. The molecular weight excluding hydrogens is 349 g/mol. The maximum absolute atomic E-state index is 13.3. The molecule has 1 fully saturated rings. The second kappa shape index (κ2) is 6.75. The van der Waals surface area contributed by atoms with Gasteiger partial charge in [0.15, 0.2) is 0 Å². The summed E-state index contributed by atoms with van der Waals surface area (Å²) in [6, 6.07) is 3.70. The number of halogens is 1. The van der Waals surface area contributed by atoms with Crippen molar-refractivity contribution in [2.75, 3.05) is 18.0 Å². The largest absolute Gasteiger partial charge is 0.405 e. The van der Waals surface area contributed by atoms with Crippen LogP contribution in [0.1, 0.15) is 22.5 Å². The van der Waals surface area contributed by atoms with Crippen LogP contribution in [0.5, 0.6) is 0 Å². The van der Waals surface area contributed by atoms with Gasteiger partial charge in [0.1, 0.15) is 17.8 Å². The first-order chi connectivity index (χ1) is 13.1. The van der Waals surface area contributed by atoms with E-state index in [0.717, 1.165) is 11.5 Å². The van der Waals surface area contributed by atoms with Crippen molar-refractivity contribution in [1.82, 2.24) is 19.7 Å². The van der Waals surface area contributed by atoms with Gasteiger partial charge in [-0.1, -0.05) is 0 Å². The van der Waals surface area contributed by atoms with E-state index in [1.54, 1.807) is 29.2 Å². The number of amides is 1. The number of hydrogen-bond acceptors (Lipinski definition) is 6. The van der Waals surface area contributed by atoms with Crippen LogP contribution < -0.4 is 16.4 Å². The zero-order chi connectivity index (χ0) is 19.0. The molecular formula is C18H20FN7O. The number of carbonyl (C=O) groups is 1. The first-order valence-electron chi connectivity index (χ1n) is 8.66. The van der Waals surface area contributed by atoms with Crippen molar-refractivity contribution in [2.45, 2.75) is 19.1 Å². The summed E-state index contributed by atoms with van der Waals surface area (Å²) in [4.78, 5) is 20.3. The first kappa shape index (κ1) is 17.1. The molecule has 8 nitrogen and oxygen atoms in total. The van der Waals surface area contributed by atoms with Crippen LogP contribution in [0, 0.1) is 0 Å². The lowest BCUT2D eigenvalue weighted by atomic mass is 10.3. The van der Waals surface area contributed by atoms with Gasteiger partial charge < -0.3 is 16.4 Å². The Bertz CT molecular complexity index is 918. The van der Waals surface area contributed by atoms with E-state index in [4.69, 9.17) is 11.5 Å². The fraction of sp³-hybridized carbons (Fsp3) is 0.278. The monoisotopic (exact) mass is 369 g/mol. The number of allylic oxidation sites excluding steroid dienone is 2. The lowest BCUT2D eigenvalue weighted by molar-refractivity contribution is 0.0823. The van der Waals surface area contributed by atoms with Gasteiger partial charge in [-0.3, -0.25) is 9.69 Å². The second-order valence-electron chi connectivity index (χ2n) is 6.51. The molecule has 1 amide bonds. The molecule has 4 heterocycles. The number of hydrogen-bond donors (Lipinski definition) is 2. The Morgan fingerprint density at radius 1 is 1.37 bits per heavy atom. The van der Waals surface area contributed by atoms with Crippen LogP contribution in [-0.2, 0) is 6.54 Å². The lowest BCUT2D eigenvalue weighted by Gasteiger charge is -2.16. The summed E-state index contributed by atoms with van der Waals surface area (Å²) in [5.74, 6) is 0.854. The van der Waals surface area contributed by atoms with Crippen molar-refractivity contribution < 1.29 is 9.18 Å². The molecule has 2 aliphatic rings. The molecule has 1 saturated heterocycles. The number of alkyl halides is 1. The quantitative estimate of drug-likeness (QED) is 0.780. The van der Waals surface area contributed by atoms with Gasteiger partial charge in [-0.05, 0) is 36.9 Å². The fourth-order valence-corrected chi connectivity index (χ4v) is 3.28. The van der Waals surface area contributed by atoms with E-state index in [2.05, 4.69) is 10.1 Å². The van der Waals surface area contributed by atoms with Crippen molar-refractivity contribution in [1.29, 1.82) is 0 Å². The summed E-state index contributed by atoms with van der Waals surface area (Å²) in [5, 5.41) is 4.48. The van der Waals surface area contributed by atoms with Crippen molar-refractivity contribution in [3.8, 4) is 5.69 Å². The second-order valence-corrected chi connectivity index (χ2v) is 6.51. The van der Waals surface area contributed by atoms with Crippen LogP contribution in [0.15, 0.2) is 48.7 Å². The van der Waals surface area contributed by atoms with Gasteiger partial charge in [-0.25, -0.2) is 14.1 Å². The van der Waals surface area contributed by atoms with Crippen molar-refractivity contribution in [2.24, 2.45) is 11.5 Å². The summed E-state index contributed by atoms with van der Waals surface area (Å²) in [6.07, 6.45) is 7.57.